The number of aromatic nitrogens is 3. The first kappa shape index (κ1) is 12.6. The van der Waals surface area contributed by atoms with Gasteiger partial charge in [0.25, 0.3) is 0 Å². The fourth-order valence-electron chi connectivity index (χ4n) is 2.06. The van der Waals surface area contributed by atoms with Gasteiger partial charge >= 0.3 is 0 Å². The van der Waals surface area contributed by atoms with Crippen molar-refractivity contribution in [1.29, 1.82) is 0 Å². The number of nitrogens with zero attached hydrogens (tertiary/aromatic N) is 3. The average molecular weight is 252 g/mol. The van der Waals surface area contributed by atoms with Crippen LogP contribution in [0, 0.1) is 0 Å². The van der Waals surface area contributed by atoms with Crippen molar-refractivity contribution in [3.05, 3.63) is 18.0 Å². The summed E-state index contributed by atoms with van der Waals surface area (Å²) in [7, 11) is 0. The molecule has 1 aromatic rings. The molecular weight excluding hydrogens is 232 g/mol. The molecule has 0 saturated heterocycles. The highest BCUT2D eigenvalue weighted by Gasteiger charge is 2.18. The van der Waals surface area contributed by atoms with Crippen LogP contribution in [0.15, 0.2) is 17.3 Å². The molecule has 0 spiro atoms. The van der Waals surface area contributed by atoms with Crippen LogP contribution < -0.4 is 5.73 Å². The number of hydrogen-bond donors (Lipinski definition) is 1. The van der Waals surface area contributed by atoms with E-state index in [2.05, 4.69) is 40.8 Å². The van der Waals surface area contributed by atoms with Crippen LogP contribution in [0.5, 0.6) is 0 Å². The molecule has 2 rings (SSSR count). The highest BCUT2D eigenvalue weighted by atomic mass is 32.2. The Labute approximate surface area is 107 Å². The van der Waals surface area contributed by atoms with Gasteiger partial charge in [-0.3, -0.25) is 0 Å². The van der Waals surface area contributed by atoms with Gasteiger partial charge in [-0.05, 0) is 33.1 Å². The van der Waals surface area contributed by atoms with Crippen LogP contribution in [0.25, 0.3) is 0 Å². The molecule has 17 heavy (non-hydrogen) atoms. The van der Waals surface area contributed by atoms with Crippen molar-refractivity contribution in [1.82, 2.24) is 14.8 Å². The third-order valence-corrected chi connectivity index (χ3v) is 4.09. The van der Waals surface area contributed by atoms with Crippen LogP contribution in [0.1, 0.15) is 45.0 Å². The van der Waals surface area contributed by atoms with Crippen LogP contribution in [-0.2, 0) is 6.54 Å². The number of allylic oxidation sites excluding steroid dienone is 1. The van der Waals surface area contributed by atoms with Gasteiger partial charge in [-0.2, -0.15) is 0 Å². The van der Waals surface area contributed by atoms with Crippen molar-refractivity contribution in [3.63, 3.8) is 0 Å². The maximum absolute atomic E-state index is 5.69. The van der Waals surface area contributed by atoms with Crippen molar-refractivity contribution in [2.24, 2.45) is 5.73 Å². The van der Waals surface area contributed by atoms with Gasteiger partial charge in [0, 0.05) is 11.3 Å². The molecule has 0 fully saturated rings. The summed E-state index contributed by atoms with van der Waals surface area (Å²) in [6, 6.07) is 0.360. The van der Waals surface area contributed by atoms with Crippen molar-refractivity contribution in [2.75, 3.05) is 0 Å². The molecule has 1 unspecified atom stereocenters. The van der Waals surface area contributed by atoms with Gasteiger partial charge in [-0.25, -0.2) is 0 Å². The van der Waals surface area contributed by atoms with Gasteiger partial charge in [0.05, 0.1) is 6.54 Å². The topological polar surface area (TPSA) is 56.7 Å². The van der Waals surface area contributed by atoms with E-state index in [1.54, 1.807) is 11.8 Å². The molecule has 1 atom stereocenters. The van der Waals surface area contributed by atoms with E-state index in [-0.39, 0.29) is 0 Å². The van der Waals surface area contributed by atoms with E-state index in [4.69, 9.17) is 5.73 Å². The first-order valence-corrected chi connectivity index (χ1v) is 7.07. The van der Waals surface area contributed by atoms with Crippen molar-refractivity contribution < 1.29 is 0 Å². The predicted molar refractivity (Wildman–Crippen MR) is 70.9 cm³/mol. The molecule has 1 aliphatic carbocycles. The Hall–Kier alpha value is -0.810. The third-order valence-electron chi connectivity index (χ3n) is 2.90. The van der Waals surface area contributed by atoms with Gasteiger partial charge in [-0.1, -0.05) is 23.9 Å². The average Bonchev–Trinajstić information content (AvgIpc) is 2.73. The second kappa shape index (κ2) is 5.69. The quantitative estimate of drug-likeness (QED) is 0.837. The second-order valence-electron chi connectivity index (χ2n) is 4.58. The lowest BCUT2D eigenvalue weighted by Crippen LogP contribution is -2.12. The Kier molecular flexibility index (Phi) is 4.23. The zero-order valence-corrected chi connectivity index (χ0v) is 11.3. The van der Waals surface area contributed by atoms with Gasteiger partial charge < -0.3 is 10.3 Å². The molecule has 94 valence electrons. The summed E-state index contributed by atoms with van der Waals surface area (Å²) in [4.78, 5) is 0. The Morgan fingerprint density at radius 3 is 2.94 bits per heavy atom. The Bertz CT molecular complexity index is 397. The lowest BCUT2D eigenvalue weighted by molar-refractivity contribution is 0.525. The highest BCUT2D eigenvalue weighted by Crippen LogP contribution is 2.30. The molecule has 4 nitrogen and oxygen atoms in total. The van der Waals surface area contributed by atoms with Crippen LogP contribution in [-0.4, -0.2) is 20.0 Å². The normalized spacial score (nSPS) is 20.1. The molecule has 1 heterocycles. The van der Waals surface area contributed by atoms with E-state index in [0.29, 0.717) is 17.8 Å². The number of hydrogen-bond acceptors (Lipinski definition) is 4. The minimum atomic E-state index is 0.360. The summed E-state index contributed by atoms with van der Waals surface area (Å²) in [6.45, 7) is 4.73. The molecule has 0 radical (unpaired) electrons. The lowest BCUT2D eigenvalue weighted by Gasteiger charge is -2.17. The monoisotopic (exact) mass is 252 g/mol. The molecule has 1 aliphatic rings. The summed E-state index contributed by atoms with van der Waals surface area (Å²) in [5, 5.41) is 9.96. The molecule has 0 aromatic carbocycles. The maximum atomic E-state index is 5.69. The first-order valence-electron chi connectivity index (χ1n) is 6.19. The fraction of sp³-hybridized carbons (Fsp3) is 0.667. The largest absolute Gasteiger partial charge is 0.324 e. The van der Waals surface area contributed by atoms with Gasteiger partial charge in [0.2, 0.25) is 0 Å². The fourth-order valence-corrected chi connectivity index (χ4v) is 3.32. The Morgan fingerprint density at radius 1 is 1.53 bits per heavy atom. The van der Waals surface area contributed by atoms with Crippen LogP contribution in [0.3, 0.4) is 0 Å². The minimum Gasteiger partial charge on any atom is -0.324 e. The highest BCUT2D eigenvalue weighted by molar-refractivity contribution is 7.99. The standard InChI is InChI=1S/C12H20N4S/c1-9(2)16-11(8-13)14-15-12(16)17-10-6-4-3-5-7-10/h4,6,9-10H,3,5,7-8,13H2,1-2H3. The summed E-state index contributed by atoms with van der Waals surface area (Å²) in [6.07, 6.45) is 8.26. The number of rotatable bonds is 4. The van der Waals surface area contributed by atoms with Gasteiger partial charge in [0.15, 0.2) is 5.16 Å². The Morgan fingerprint density at radius 2 is 2.35 bits per heavy atom. The maximum Gasteiger partial charge on any atom is 0.192 e. The van der Waals surface area contributed by atoms with E-state index in [1.165, 1.54) is 19.3 Å². The zero-order chi connectivity index (χ0) is 12.3. The van der Waals surface area contributed by atoms with E-state index < -0.39 is 0 Å². The molecule has 0 bridgehead atoms. The summed E-state index contributed by atoms with van der Waals surface area (Å²) >= 11 is 1.80. The van der Waals surface area contributed by atoms with E-state index >= 15 is 0 Å². The van der Waals surface area contributed by atoms with Crippen LogP contribution >= 0.6 is 11.8 Å². The van der Waals surface area contributed by atoms with Crippen molar-refractivity contribution in [2.45, 2.75) is 56.1 Å². The first-order chi connectivity index (χ1) is 8.22. The van der Waals surface area contributed by atoms with E-state index in [0.717, 1.165) is 11.0 Å². The van der Waals surface area contributed by atoms with E-state index in [9.17, 15) is 0 Å². The molecular formula is C12H20N4S. The minimum absolute atomic E-state index is 0.360. The predicted octanol–water partition coefficient (Wildman–Crippen LogP) is 2.52. The van der Waals surface area contributed by atoms with Crippen LogP contribution in [0.4, 0.5) is 0 Å². The molecule has 0 amide bonds. The lowest BCUT2D eigenvalue weighted by atomic mass is 10.1. The molecule has 0 saturated carbocycles. The third kappa shape index (κ3) is 2.90. The molecule has 2 N–H and O–H groups in total. The number of thioether (sulfide) groups is 1. The van der Waals surface area contributed by atoms with Gasteiger partial charge in [0.1, 0.15) is 5.82 Å². The van der Waals surface area contributed by atoms with Crippen LogP contribution in [0.2, 0.25) is 0 Å². The Balaban J connectivity index is 2.17. The summed E-state index contributed by atoms with van der Waals surface area (Å²) in [5.74, 6) is 0.877. The zero-order valence-electron chi connectivity index (χ0n) is 10.5. The van der Waals surface area contributed by atoms with Crippen molar-refractivity contribution in [3.8, 4) is 0 Å². The smallest absolute Gasteiger partial charge is 0.192 e. The SMILES string of the molecule is CC(C)n1c(CN)nnc1SC1C=CCCC1. The second-order valence-corrected chi connectivity index (χ2v) is 5.79. The molecule has 0 aliphatic heterocycles. The summed E-state index contributed by atoms with van der Waals surface area (Å²) in [5.41, 5.74) is 5.69. The van der Waals surface area contributed by atoms with Gasteiger partial charge in [-0.15, -0.1) is 10.2 Å². The molecule has 5 heteroatoms. The number of nitrogens with two attached hydrogens (primary N) is 1. The summed E-state index contributed by atoms with van der Waals surface area (Å²) < 4.78 is 2.15. The van der Waals surface area contributed by atoms with Crippen molar-refractivity contribution >= 4 is 11.8 Å². The molecule has 1 aromatic heterocycles. The van der Waals surface area contributed by atoms with E-state index in [1.807, 2.05) is 0 Å².